The Hall–Kier alpha value is -4.15. The van der Waals surface area contributed by atoms with Crippen molar-refractivity contribution in [3.63, 3.8) is 0 Å². The van der Waals surface area contributed by atoms with Crippen LogP contribution in [0.3, 0.4) is 0 Å². The smallest absolute Gasteiger partial charge is 0.253 e. The summed E-state index contributed by atoms with van der Waals surface area (Å²) in [5.74, 6) is 7.18. The second-order valence-electron chi connectivity index (χ2n) is 8.28. The molecule has 1 fully saturated rings. The molecule has 1 aliphatic rings. The predicted molar refractivity (Wildman–Crippen MR) is 131 cm³/mol. The third-order valence-electron chi connectivity index (χ3n) is 6.01. The number of aromatic nitrogens is 3. The van der Waals surface area contributed by atoms with E-state index in [1.807, 2.05) is 65.6 Å². The summed E-state index contributed by atoms with van der Waals surface area (Å²) in [4.78, 5) is 21.4. The zero-order valence-corrected chi connectivity index (χ0v) is 19.2. The van der Waals surface area contributed by atoms with Gasteiger partial charge in [-0.2, -0.15) is 5.10 Å². The summed E-state index contributed by atoms with van der Waals surface area (Å²) in [7, 11) is 3.72. The van der Waals surface area contributed by atoms with Crippen LogP contribution in [0.5, 0.6) is 5.75 Å². The van der Waals surface area contributed by atoms with E-state index >= 15 is 0 Å². The van der Waals surface area contributed by atoms with E-state index in [9.17, 15) is 4.79 Å². The zero-order valence-electron chi connectivity index (χ0n) is 19.2. The van der Waals surface area contributed by atoms with E-state index in [4.69, 9.17) is 9.84 Å². The monoisotopic (exact) mass is 451 g/mol. The Morgan fingerprint density at radius 3 is 2.35 bits per heavy atom. The number of amides is 1. The Labute approximate surface area is 198 Å². The molecule has 5 rings (SSSR count). The van der Waals surface area contributed by atoms with Crippen molar-refractivity contribution in [3.8, 4) is 28.8 Å². The fourth-order valence-corrected chi connectivity index (χ4v) is 3.90. The van der Waals surface area contributed by atoms with Gasteiger partial charge in [0, 0.05) is 42.9 Å². The number of rotatable bonds is 3. The lowest BCUT2D eigenvalue weighted by Crippen LogP contribution is -2.47. The largest absolute Gasteiger partial charge is 0.497 e. The highest BCUT2D eigenvalue weighted by molar-refractivity contribution is 5.94. The molecule has 0 unspecified atom stereocenters. The van der Waals surface area contributed by atoms with Crippen LogP contribution in [-0.4, -0.2) is 70.6 Å². The van der Waals surface area contributed by atoms with Gasteiger partial charge >= 0.3 is 0 Å². The number of hydrogen-bond donors (Lipinski definition) is 0. The van der Waals surface area contributed by atoms with E-state index in [0.717, 1.165) is 54.4 Å². The molecule has 4 aromatic rings. The van der Waals surface area contributed by atoms with Gasteiger partial charge in [0.05, 0.1) is 19.0 Å². The van der Waals surface area contributed by atoms with E-state index in [-0.39, 0.29) is 5.91 Å². The molecule has 1 saturated heterocycles. The molecular formula is C27H25N5O2. The minimum Gasteiger partial charge on any atom is -0.497 e. The highest BCUT2D eigenvalue weighted by Gasteiger charge is 2.20. The molecule has 0 N–H and O–H groups in total. The maximum Gasteiger partial charge on any atom is 0.253 e. The van der Waals surface area contributed by atoms with E-state index in [2.05, 4.69) is 28.8 Å². The number of piperazine rings is 1. The number of carbonyl (C=O) groups excluding carboxylic acids is 1. The highest BCUT2D eigenvalue weighted by Crippen LogP contribution is 2.20. The van der Waals surface area contributed by atoms with Gasteiger partial charge in [0.15, 0.2) is 5.65 Å². The number of hydrogen-bond acceptors (Lipinski definition) is 5. The molecule has 2 aromatic heterocycles. The average Bonchev–Trinajstić information content (AvgIpc) is 3.30. The maximum atomic E-state index is 12.8. The second-order valence-corrected chi connectivity index (χ2v) is 8.28. The quantitative estimate of drug-likeness (QED) is 0.448. The number of methoxy groups -OCH3 is 1. The Kier molecular flexibility index (Phi) is 5.98. The lowest BCUT2D eigenvalue weighted by atomic mass is 10.1. The molecule has 0 spiro atoms. The van der Waals surface area contributed by atoms with Crippen molar-refractivity contribution in [2.75, 3.05) is 40.3 Å². The second kappa shape index (κ2) is 9.38. The first-order valence-electron chi connectivity index (χ1n) is 11.2. The summed E-state index contributed by atoms with van der Waals surface area (Å²) in [6, 6.07) is 19.1. The van der Waals surface area contributed by atoms with Gasteiger partial charge < -0.3 is 14.5 Å². The van der Waals surface area contributed by atoms with Gasteiger partial charge in [0.2, 0.25) is 0 Å². The van der Waals surface area contributed by atoms with Crippen LogP contribution < -0.4 is 4.74 Å². The van der Waals surface area contributed by atoms with E-state index in [0.29, 0.717) is 11.3 Å². The van der Waals surface area contributed by atoms with Crippen LogP contribution in [-0.2, 0) is 0 Å². The molecule has 7 nitrogen and oxygen atoms in total. The highest BCUT2D eigenvalue weighted by atomic mass is 16.5. The molecule has 34 heavy (non-hydrogen) atoms. The summed E-state index contributed by atoms with van der Waals surface area (Å²) in [5, 5.41) is 4.75. The van der Waals surface area contributed by atoms with Crippen molar-refractivity contribution >= 4 is 11.6 Å². The number of carbonyl (C=O) groups is 1. The SMILES string of the molecule is COc1ccc(C#Cc2cnc3ccc(-c4ccc(C(=O)N5CCN(C)CC5)cc4)nn23)cc1. The van der Waals surface area contributed by atoms with Crippen molar-refractivity contribution in [2.45, 2.75) is 0 Å². The van der Waals surface area contributed by atoms with E-state index < -0.39 is 0 Å². The molecule has 0 bridgehead atoms. The van der Waals surface area contributed by atoms with Gasteiger partial charge in [0.25, 0.3) is 5.91 Å². The Morgan fingerprint density at radius 2 is 1.65 bits per heavy atom. The topological polar surface area (TPSA) is 63.0 Å². The molecule has 3 heterocycles. The van der Waals surface area contributed by atoms with Gasteiger partial charge in [-0.15, -0.1) is 0 Å². The van der Waals surface area contributed by atoms with Gasteiger partial charge in [0.1, 0.15) is 11.4 Å². The van der Waals surface area contributed by atoms with Crippen molar-refractivity contribution in [3.05, 3.63) is 83.7 Å². The normalized spacial score (nSPS) is 14.0. The standard InChI is InChI=1S/C27H25N5O2/c1-30-15-17-31(18-16-30)27(33)22-8-6-21(7-9-22)25-13-14-26-28-19-23(32(26)29-25)10-3-20-4-11-24(34-2)12-5-20/h4-9,11-14,19H,15-18H2,1-2H3. The number of fused-ring (bicyclic) bond motifs is 1. The number of ether oxygens (including phenoxy) is 1. The first-order valence-corrected chi connectivity index (χ1v) is 11.2. The van der Waals surface area contributed by atoms with Crippen LogP contribution in [0.15, 0.2) is 66.9 Å². The van der Waals surface area contributed by atoms with Crippen molar-refractivity contribution in [2.24, 2.45) is 0 Å². The Balaban J connectivity index is 1.37. The molecule has 0 aliphatic carbocycles. The van der Waals surface area contributed by atoms with Gasteiger partial charge in [-0.3, -0.25) is 4.79 Å². The van der Waals surface area contributed by atoms with Gasteiger partial charge in [-0.25, -0.2) is 9.50 Å². The van der Waals surface area contributed by atoms with Crippen molar-refractivity contribution < 1.29 is 9.53 Å². The van der Waals surface area contributed by atoms with Crippen molar-refractivity contribution in [1.82, 2.24) is 24.4 Å². The summed E-state index contributed by atoms with van der Waals surface area (Å²) in [6.45, 7) is 3.33. The molecule has 7 heteroatoms. The lowest BCUT2D eigenvalue weighted by Gasteiger charge is -2.32. The van der Waals surface area contributed by atoms with Crippen LogP contribution in [0.1, 0.15) is 21.6 Å². The maximum absolute atomic E-state index is 12.8. The number of nitrogens with zero attached hydrogens (tertiary/aromatic N) is 5. The van der Waals surface area contributed by atoms with Crippen molar-refractivity contribution in [1.29, 1.82) is 0 Å². The fourth-order valence-electron chi connectivity index (χ4n) is 3.90. The summed E-state index contributed by atoms with van der Waals surface area (Å²) >= 11 is 0. The molecule has 0 saturated carbocycles. The Morgan fingerprint density at radius 1 is 0.912 bits per heavy atom. The predicted octanol–water partition coefficient (Wildman–Crippen LogP) is 3.19. The molecule has 1 amide bonds. The number of likely N-dealkylation sites (N-methyl/N-ethyl adjacent to an activating group) is 1. The first-order chi connectivity index (χ1) is 16.6. The third kappa shape index (κ3) is 4.49. The molecular weight excluding hydrogens is 426 g/mol. The molecule has 0 atom stereocenters. The lowest BCUT2D eigenvalue weighted by molar-refractivity contribution is 0.0664. The van der Waals surface area contributed by atoms with Crippen LogP contribution >= 0.6 is 0 Å². The van der Waals surface area contributed by atoms with Crippen LogP contribution in [0.4, 0.5) is 0 Å². The summed E-state index contributed by atoms with van der Waals surface area (Å²) < 4.78 is 6.94. The van der Waals surface area contributed by atoms with E-state index in [1.165, 1.54) is 0 Å². The minimum absolute atomic E-state index is 0.0776. The third-order valence-corrected chi connectivity index (χ3v) is 6.01. The van der Waals surface area contributed by atoms with E-state index in [1.54, 1.807) is 17.8 Å². The van der Waals surface area contributed by atoms with Crippen LogP contribution in [0, 0.1) is 11.8 Å². The molecule has 0 radical (unpaired) electrons. The number of imidazole rings is 1. The van der Waals surface area contributed by atoms with Gasteiger partial charge in [-0.05, 0) is 61.5 Å². The summed E-state index contributed by atoms with van der Waals surface area (Å²) in [5.41, 5.74) is 4.73. The molecule has 1 aliphatic heterocycles. The van der Waals surface area contributed by atoms with Gasteiger partial charge in [-0.1, -0.05) is 18.1 Å². The Bertz CT molecular complexity index is 1370. The first kappa shape index (κ1) is 21.7. The minimum atomic E-state index is 0.0776. The zero-order chi connectivity index (χ0) is 23.5. The molecule has 170 valence electrons. The summed E-state index contributed by atoms with van der Waals surface area (Å²) in [6.07, 6.45) is 1.72. The fraction of sp³-hybridized carbons (Fsp3) is 0.222. The number of benzene rings is 2. The average molecular weight is 452 g/mol. The molecule has 2 aromatic carbocycles. The van der Waals surface area contributed by atoms with Crippen LogP contribution in [0.25, 0.3) is 16.9 Å². The van der Waals surface area contributed by atoms with Crippen LogP contribution in [0.2, 0.25) is 0 Å².